The molecule has 0 aliphatic heterocycles. The number of hydrogen-bond donors (Lipinski definition) is 1. The van der Waals surface area contributed by atoms with Crippen molar-refractivity contribution in [2.24, 2.45) is 0 Å². The van der Waals surface area contributed by atoms with Gasteiger partial charge in [0.05, 0.1) is 21.5 Å². The average Bonchev–Trinajstić information content (AvgIpc) is 2.51. The fraction of sp³-hybridized carbons (Fsp3) is 0.188. The first-order valence-corrected chi connectivity index (χ1v) is 9.33. The molecule has 0 atom stereocenters. The van der Waals surface area contributed by atoms with Gasteiger partial charge in [0.1, 0.15) is 5.82 Å². The fourth-order valence-electron chi connectivity index (χ4n) is 1.95. The molecule has 2 aromatic rings. The molecule has 0 aromatic heterocycles. The minimum atomic E-state index is -3.25. The number of sulfone groups is 1. The molecule has 0 bridgehead atoms. The Morgan fingerprint density at radius 2 is 1.83 bits per heavy atom. The van der Waals surface area contributed by atoms with Crippen LogP contribution in [0.25, 0.3) is 0 Å². The third-order valence-corrected chi connectivity index (χ3v) is 5.62. The number of carbonyl (C=O) groups is 1. The van der Waals surface area contributed by atoms with Gasteiger partial charge in [-0.05, 0) is 51.8 Å². The van der Waals surface area contributed by atoms with Gasteiger partial charge >= 0.3 is 0 Å². The molecular formula is C16H15BrFNO3S. The van der Waals surface area contributed by atoms with Crippen LogP contribution in [0, 0.1) is 5.82 Å². The predicted molar refractivity (Wildman–Crippen MR) is 90.6 cm³/mol. The Balaban J connectivity index is 2.04. The summed E-state index contributed by atoms with van der Waals surface area (Å²) in [6, 6.07) is 10.5. The third kappa shape index (κ3) is 4.62. The van der Waals surface area contributed by atoms with Gasteiger partial charge in [-0.2, -0.15) is 0 Å². The molecule has 23 heavy (non-hydrogen) atoms. The molecule has 0 radical (unpaired) electrons. The fourth-order valence-corrected chi connectivity index (χ4v) is 3.08. The molecule has 0 aliphatic carbocycles. The minimum absolute atomic E-state index is 0.0297. The van der Waals surface area contributed by atoms with E-state index in [1.165, 1.54) is 24.3 Å². The summed E-state index contributed by atoms with van der Waals surface area (Å²) in [4.78, 5) is 12.2. The smallest absolute Gasteiger partial charge is 0.228 e. The van der Waals surface area contributed by atoms with Crippen molar-refractivity contribution in [3.8, 4) is 0 Å². The number of rotatable bonds is 5. The van der Waals surface area contributed by atoms with Crippen molar-refractivity contribution >= 4 is 37.4 Å². The first kappa shape index (κ1) is 17.6. The molecule has 0 saturated carbocycles. The first-order chi connectivity index (χ1) is 10.8. The van der Waals surface area contributed by atoms with E-state index in [2.05, 4.69) is 21.2 Å². The van der Waals surface area contributed by atoms with Gasteiger partial charge in [-0.25, -0.2) is 12.8 Å². The van der Waals surface area contributed by atoms with Crippen molar-refractivity contribution in [1.29, 1.82) is 0 Å². The zero-order valence-corrected chi connectivity index (χ0v) is 14.7. The lowest BCUT2D eigenvalue weighted by Crippen LogP contribution is -2.14. The minimum Gasteiger partial charge on any atom is -0.326 e. The van der Waals surface area contributed by atoms with Crippen molar-refractivity contribution in [2.75, 3.05) is 11.1 Å². The standard InChI is InChI=1S/C16H15BrFNO3S/c1-2-23(21,22)13-6-3-11(4-7-13)9-16(20)19-12-5-8-14(17)15(18)10-12/h3-8,10H,2,9H2,1H3,(H,19,20). The Morgan fingerprint density at radius 3 is 2.39 bits per heavy atom. The van der Waals surface area contributed by atoms with Crippen LogP contribution >= 0.6 is 15.9 Å². The van der Waals surface area contributed by atoms with Crippen LogP contribution in [0.3, 0.4) is 0 Å². The summed E-state index contributed by atoms with van der Waals surface area (Å²) in [6.07, 6.45) is 0.0735. The highest BCUT2D eigenvalue weighted by Gasteiger charge is 2.12. The Labute approximate surface area is 142 Å². The lowest BCUT2D eigenvalue weighted by Gasteiger charge is -2.07. The summed E-state index contributed by atoms with van der Waals surface area (Å²) in [5.74, 6) is -0.739. The van der Waals surface area contributed by atoms with Crippen LogP contribution in [0.4, 0.5) is 10.1 Å². The van der Waals surface area contributed by atoms with Gasteiger partial charge in [-0.1, -0.05) is 19.1 Å². The van der Waals surface area contributed by atoms with Crippen LogP contribution in [-0.4, -0.2) is 20.1 Å². The molecule has 2 rings (SSSR count). The normalized spacial score (nSPS) is 11.3. The summed E-state index contributed by atoms with van der Waals surface area (Å²) < 4.78 is 37.1. The van der Waals surface area contributed by atoms with Crippen molar-refractivity contribution in [3.63, 3.8) is 0 Å². The van der Waals surface area contributed by atoms with Gasteiger partial charge in [0, 0.05) is 5.69 Å². The maximum absolute atomic E-state index is 13.4. The molecular weight excluding hydrogens is 385 g/mol. The molecule has 7 heteroatoms. The van der Waals surface area contributed by atoms with Crippen LogP contribution < -0.4 is 5.32 Å². The highest BCUT2D eigenvalue weighted by molar-refractivity contribution is 9.10. The molecule has 0 spiro atoms. The van der Waals surface area contributed by atoms with E-state index in [1.54, 1.807) is 25.1 Å². The largest absolute Gasteiger partial charge is 0.326 e. The van der Waals surface area contributed by atoms with Gasteiger partial charge in [0.2, 0.25) is 5.91 Å². The Hall–Kier alpha value is -1.73. The van der Waals surface area contributed by atoms with Gasteiger partial charge in [0.25, 0.3) is 0 Å². The number of anilines is 1. The molecule has 0 aliphatic rings. The lowest BCUT2D eigenvalue weighted by molar-refractivity contribution is -0.115. The first-order valence-electron chi connectivity index (χ1n) is 6.88. The zero-order valence-electron chi connectivity index (χ0n) is 12.3. The monoisotopic (exact) mass is 399 g/mol. The zero-order chi connectivity index (χ0) is 17.0. The van der Waals surface area contributed by atoms with E-state index in [0.717, 1.165) is 0 Å². The lowest BCUT2D eigenvalue weighted by atomic mass is 10.1. The summed E-state index contributed by atoms with van der Waals surface area (Å²) in [5.41, 5.74) is 1.04. The van der Waals surface area contributed by atoms with E-state index < -0.39 is 15.7 Å². The quantitative estimate of drug-likeness (QED) is 0.835. The Morgan fingerprint density at radius 1 is 1.17 bits per heavy atom. The van der Waals surface area contributed by atoms with E-state index in [-0.39, 0.29) is 23.0 Å². The molecule has 122 valence electrons. The van der Waals surface area contributed by atoms with Crippen molar-refractivity contribution in [1.82, 2.24) is 0 Å². The molecule has 0 heterocycles. The molecule has 1 N–H and O–H groups in total. The van der Waals surface area contributed by atoms with Gasteiger partial charge in [-0.15, -0.1) is 0 Å². The third-order valence-electron chi connectivity index (χ3n) is 3.23. The molecule has 0 saturated heterocycles. The van der Waals surface area contributed by atoms with Crippen LogP contribution in [0.2, 0.25) is 0 Å². The Kier molecular flexibility index (Phi) is 5.54. The molecule has 0 unspecified atom stereocenters. The summed E-state index contributed by atoms with van der Waals surface area (Å²) in [5, 5.41) is 2.60. The highest BCUT2D eigenvalue weighted by atomic mass is 79.9. The second kappa shape index (κ2) is 7.23. The number of hydrogen-bond acceptors (Lipinski definition) is 3. The average molecular weight is 400 g/mol. The van der Waals surface area contributed by atoms with E-state index in [4.69, 9.17) is 0 Å². The maximum Gasteiger partial charge on any atom is 0.228 e. The Bertz CT molecular complexity index is 820. The number of halogens is 2. The predicted octanol–water partition coefficient (Wildman–Crippen LogP) is 3.56. The number of nitrogens with one attached hydrogen (secondary N) is 1. The molecule has 2 aromatic carbocycles. The van der Waals surface area contributed by atoms with Crippen LogP contribution in [-0.2, 0) is 21.1 Å². The number of benzene rings is 2. The molecule has 1 amide bonds. The molecule has 0 fully saturated rings. The van der Waals surface area contributed by atoms with E-state index in [9.17, 15) is 17.6 Å². The maximum atomic E-state index is 13.4. The second-order valence-electron chi connectivity index (χ2n) is 4.90. The van der Waals surface area contributed by atoms with Crippen LogP contribution in [0.5, 0.6) is 0 Å². The second-order valence-corrected chi connectivity index (χ2v) is 8.03. The van der Waals surface area contributed by atoms with Crippen LogP contribution in [0.15, 0.2) is 51.8 Å². The SMILES string of the molecule is CCS(=O)(=O)c1ccc(CC(=O)Nc2ccc(Br)c(F)c2)cc1. The number of carbonyl (C=O) groups excluding carboxylic acids is 1. The topological polar surface area (TPSA) is 63.2 Å². The van der Waals surface area contributed by atoms with Crippen molar-refractivity contribution in [2.45, 2.75) is 18.2 Å². The van der Waals surface area contributed by atoms with Crippen molar-refractivity contribution in [3.05, 3.63) is 58.3 Å². The highest BCUT2D eigenvalue weighted by Crippen LogP contribution is 2.19. The van der Waals surface area contributed by atoms with Crippen molar-refractivity contribution < 1.29 is 17.6 Å². The molecule has 4 nitrogen and oxygen atoms in total. The van der Waals surface area contributed by atoms with E-state index in [0.29, 0.717) is 15.7 Å². The summed E-state index contributed by atoms with van der Waals surface area (Å²) in [7, 11) is -3.25. The van der Waals surface area contributed by atoms with Gasteiger partial charge in [0.15, 0.2) is 9.84 Å². The van der Waals surface area contributed by atoms with Crippen LogP contribution in [0.1, 0.15) is 12.5 Å². The number of amides is 1. The summed E-state index contributed by atoms with van der Waals surface area (Å²) >= 11 is 3.04. The van der Waals surface area contributed by atoms with Gasteiger partial charge < -0.3 is 5.32 Å². The summed E-state index contributed by atoms with van der Waals surface area (Å²) in [6.45, 7) is 1.58. The van der Waals surface area contributed by atoms with E-state index >= 15 is 0 Å². The van der Waals surface area contributed by atoms with Gasteiger partial charge in [-0.3, -0.25) is 4.79 Å². The van der Waals surface area contributed by atoms with E-state index in [1.807, 2.05) is 0 Å².